The maximum Gasteiger partial charge on any atom is 0.373 e. The van der Waals surface area contributed by atoms with Crippen molar-refractivity contribution in [2.45, 2.75) is 44.8 Å². The average Bonchev–Trinajstić information content (AvgIpc) is 3.11. The van der Waals surface area contributed by atoms with Gasteiger partial charge in [0.2, 0.25) is 0 Å². The van der Waals surface area contributed by atoms with Gasteiger partial charge in [0.1, 0.15) is 0 Å². The smallest absolute Gasteiger partial charge is 0.373 e. The average molecular weight is 282 g/mol. The molecule has 0 radical (unpaired) electrons. The number of hydrogen-bond acceptors (Lipinski definition) is 6. The van der Waals surface area contributed by atoms with Crippen molar-refractivity contribution in [1.29, 1.82) is 0 Å². The lowest BCUT2D eigenvalue weighted by Crippen LogP contribution is -2.37. The van der Waals surface area contributed by atoms with E-state index in [4.69, 9.17) is 14.3 Å². The van der Waals surface area contributed by atoms with E-state index in [-0.39, 0.29) is 6.15 Å². The Hall–Kier alpha value is -1.23. The number of aryl methyl sites for hydroxylation is 1. The van der Waals surface area contributed by atoms with Gasteiger partial charge in [-0.05, 0) is 32.6 Å². The van der Waals surface area contributed by atoms with Gasteiger partial charge >= 0.3 is 6.15 Å². The minimum Gasteiger partial charge on any atom is -0.375 e. The number of rotatable bonds is 3. The van der Waals surface area contributed by atoms with E-state index in [9.17, 15) is 0 Å². The van der Waals surface area contributed by atoms with Gasteiger partial charge in [0.15, 0.2) is 5.13 Å². The first-order valence-corrected chi connectivity index (χ1v) is 7.42. The predicted molar refractivity (Wildman–Crippen MR) is 71.2 cm³/mol. The number of aromatic nitrogens is 1. The molecule has 2 aliphatic rings. The summed E-state index contributed by atoms with van der Waals surface area (Å²) in [4.78, 5) is 23.2. The molecule has 104 valence electrons. The minimum absolute atomic E-state index is 0.250. The van der Waals surface area contributed by atoms with Crippen molar-refractivity contribution in [2.24, 2.45) is 0 Å². The van der Waals surface area contributed by atoms with Gasteiger partial charge in [0.25, 0.3) is 0 Å². The highest BCUT2D eigenvalue weighted by Gasteiger charge is 2.29. The lowest BCUT2D eigenvalue weighted by atomic mass is 10.1. The number of ether oxygens (including phenoxy) is 1. The minimum atomic E-state index is 0.250. The first-order valence-electron chi connectivity index (χ1n) is 6.54. The molecule has 2 heterocycles. The van der Waals surface area contributed by atoms with Crippen LogP contribution in [0.15, 0.2) is 5.38 Å². The summed E-state index contributed by atoms with van der Waals surface area (Å²) in [6, 6.07) is 0. The van der Waals surface area contributed by atoms with Crippen molar-refractivity contribution in [3.05, 3.63) is 11.1 Å². The van der Waals surface area contributed by atoms with E-state index in [0.29, 0.717) is 12.2 Å². The second-order valence-electron chi connectivity index (χ2n) is 4.88. The van der Waals surface area contributed by atoms with Gasteiger partial charge < -0.3 is 9.64 Å². The fourth-order valence-electron chi connectivity index (χ4n) is 2.15. The van der Waals surface area contributed by atoms with Crippen molar-refractivity contribution in [2.75, 3.05) is 18.0 Å². The molecule has 3 rings (SSSR count). The number of anilines is 1. The first-order chi connectivity index (χ1) is 9.22. The number of carbonyl (C=O) groups excluding carboxylic acids is 2. The summed E-state index contributed by atoms with van der Waals surface area (Å²) in [5, 5.41) is 3.31. The molecule has 0 amide bonds. The second kappa shape index (κ2) is 6.80. The molecule has 0 aromatic carbocycles. The zero-order chi connectivity index (χ0) is 13.7. The summed E-state index contributed by atoms with van der Waals surface area (Å²) in [6.07, 6.45) is 6.24. The van der Waals surface area contributed by atoms with Crippen LogP contribution in [0.3, 0.4) is 0 Å². The number of thiazole rings is 1. The third kappa shape index (κ3) is 4.42. The van der Waals surface area contributed by atoms with Crippen LogP contribution >= 0.6 is 11.3 Å². The lowest BCUT2D eigenvalue weighted by Gasteiger charge is -2.31. The Morgan fingerprint density at radius 3 is 2.32 bits per heavy atom. The van der Waals surface area contributed by atoms with E-state index >= 15 is 0 Å². The summed E-state index contributed by atoms with van der Waals surface area (Å²) in [7, 11) is 0. The molecule has 2 fully saturated rings. The van der Waals surface area contributed by atoms with Crippen LogP contribution in [0.4, 0.5) is 5.13 Å². The van der Waals surface area contributed by atoms with Gasteiger partial charge in [-0.25, -0.2) is 4.98 Å². The third-order valence-corrected chi connectivity index (χ3v) is 4.25. The molecule has 0 atom stereocenters. The third-order valence-electron chi connectivity index (χ3n) is 3.23. The molecule has 1 aromatic rings. The topological polar surface area (TPSA) is 59.5 Å². The fraction of sp³-hybridized carbons (Fsp3) is 0.692. The van der Waals surface area contributed by atoms with Gasteiger partial charge in [0, 0.05) is 18.5 Å². The second-order valence-corrected chi connectivity index (χ2v) is 5.71. The van der Waals surface area contributed by atoms with Crippen LogP contribution in [-0.2, 0) is 14.3 Å². The quantitative estimate of drug-likeness (QED) is 0.849. The standard InChI is InChI=1S/C12H18N2OS.CO2/c1-9-8-16-12(13-9)14-6-4-11(5-7-14)15-10-2-3-10;2-1-3/h8,10-11H,2-7H2,1H3;. The molecule has 1 saturated carbocycles. The summed E-state index contributed by atoms with van der Waals surface area (Å²) in [5.74, 6) is 0. The fourth-order valence-corrected chi connectivity index (χ4v) is 3.00. The van der Waals surface area contributed by atoms with Crippen LogP contribution < -0.4 is 4.90 Å². The Bertz CT molecular complexity index is 431. The summed E-state index contributed by atoms with van der Waals surface area (Å²) in [6.45, 7) is 4.26. The number of hydrogen-bond donors (Lipinski definition) is 0. The number of piperidine rings is 1. The Balaban J connectivity index is 0.000000408. The van der Waals surface area contributed by atoms with E-state index in [2.05, 4.69) is 22.2 Å². The molecule has 0 unspecified atom stereocenters. The maximum atomic E-state index is 8.12. The van der Waals surface area contributed by atoms with Gasteiger partial charge in [-0.1, -0.05) is 0 Å². The molecule has 1 aliphatic carbocycles. The Morgan fingerprint density at radius 1 is 1.26 bits per heavy atom. The van der Waals surface area contributed by atoms with Crippen LogP contribution in [0.1, 0.15) is 31.4 Å². The summed E-state index contributed by atoms with van der Waals surface area (Å²) >= 11 is 1.76. The molecule has 0 spiro atoms. The van der Waals surface area contributed by atoms with Crippen molar-refractivity contribution in [3.8, 4) is 0 Å². The van der Waals surface area contributed by atoms with Crippen LogP contribution in [0.5, 0.6) is 0 Å². The number of nitrogens with zero attached hydrogens (tertiary/aromatic N) is 2. The highest BCUT2D eigenvalue weighted by molar-refractivity contribution is 7.13. The SMILES string of the molecule is Cc1csc(N2CCC(OC3CC3)CC2)n1.O=C=O. The van der Waals surface area contributed by atoms with Gasteiger partial charge in [-0.3, -0.25) is 0 Å². The molecular formula is C13H18N2O3S. The molecule has 0 bridgehead atoms. The van der Waals surface area contributed by atoms with Crippen molar-refractivity contribution < 1.29 is 14.3 Å². The molecule has 1 aliphatic heterocycles. The van der Waals surface area contributed by atoms with Crippen LogP contribution in [0.25, 0.3) is 0 Å². The first kappa shape index (κ1) is 14.2. The highest BCUT2D eigenvalue weighted by atomic mass is 32.1. The Morgan fingerprint density at radius 2 is 1.84 bits per heavy atom. The monoisotopic (exact) mass is 282 g/mol. The van der Waals surface area contributed by atoms with Gasteiger partial charge in [-0.2, -0.15) is 9.59 Å². The van der Waals surface area contributed by atoms with Crippen molar-refractivity contribution >= 4 is 22.6 Å². The lowest BCUT2D eigenvalue weighted by molar-refractivity contribution is -0.191. The van der Waals surface area contributed by atoms with Crippen molar-refractivity contribution in [1.82, 2.24) is 4.98 Å². The molecule has 5 nitrogen and oxygen atoms in total. The molecule has 6 heteroatoms. The molecule has 1 aromatic heterocycles. The Labute approximate surface area is 116 Å². The molecule has 0 N–H and O–H groups in total. The van der Waals surface area contributed by atoms with E-state index in [1.54, 1.807) is 11.3 Å². The predicted octanol–water partition coefficient (Wildman–Crippen LogP) is 2.02. The Kier molecular flexibility index (Phi) is 5.07. The van der Waals surface area contributed by atoms with E-state index in [1.807, 2.05) is 0 Å². The van der Waals surface area contributed by atoms with Gasteiger partial charge in [-0.15, -0.1) is 11.3 Å². The molecular weight excluding hydrogens is 264 g/mol. The van der Waals surface area contributed by atoms with E-state index < -0.39 is 0 Å². The van der Waals surface area contributed by atoms with Crippen LogP contribution in [0, 0.1) is 6.92 Å². The summed E-state index contributed by atoms with van der Waals surface area (Å²) in [5.41, 5.74) is 1.14. The van der Waals surface area contributed by atoms with E-state index in [1.165, 1.54) is 18.0 Å². The maximum absolute atomic E-state index is 8.12. The molecule has 19 heavy (non-hydrogen) atoms. The van der Waals surface area contributed by atoms with Gasteiger partial charge in [0.05, 0.1) is 17.9 Å². The van der Waals surface area contributed by atoms with Crippen LogP contribution in [-0.4, -0.2) is 36.4 Å². The van der Waals surface area contributed by atoms with E-state index in [0.717, 1.165) is 31.6 Å². The zero-order valence-electron chi connectivity index (χ0n) is 11.0. The highest BCUT2D eigenvalue weighted by Crippen LogP contribution is 2.30. The van der Waals surface area contributed by atoms with Crippen LogP contribution in [0.2, 0.25) is 0 Å². The largest absolute Gasteiger partial charge is 0.375 e. The zero-order valence-corrected chi connectivity index (χ0v) is 11.8. The molecule has 1 saturated heterocycles. The summed E-state index contributed by atoms with van der Waals surface area (Å²) < 4.78 is 5.95. The normalized spacial score (nSPS) is 19.5. The van der Waals surface area contributed by atoms with Crippen molar-refractivity contribution in [3.63, 3.8) is 0 Å².